The van der Waals surface area contributed by atoms with Gasteiger partial charge in [-0.05, 0) is 13.0 Å². The molecule has 2 heterocycles. The highest BCUT2D eigenvalue weighted by molar-refractivity contribution is 6.48. The van der Waals surface area contributed by atoms with E-state index in [0.29, 0.717) is 17.1 Å². The summed E-state index contributed by atoms with van der Waals surface area (Å²) in [5.41, 5.74) is 2.67. The molecule has 2 aromatic heterocycles. The lowest BCUT2D eigenvalue weighted by molar-refractivity contribution is -0.112. The van der Waals surface area contributed by atoms with E-state index in [-0.39, 0.29) is 5.41 Å². The number of carbonyl (C=O) groups is 2. The Hall–Kier alpha value is -2.89. The fourth-order valence-electron chi connectivity index (χ4n) is 2.63. The summed E-state index contributed by atoms with van der Waals surface area (Å²) in [6, 6.07) is 9.16. The quantitative estimate of drug-likeness (QED) is 0.510. The van der Waals surface area contributed by atoms with E-state index >= 15 is 0 Å². The van der Waals surface area contributed by atoms with Gasteiger partial charge in [-0.3, -0.25) is 14.7 Å². The van der Waals surface area contributed by atoms with Gasteiger partial charge in [0.15, 0.2) is 5.82 Å². The number of amides is 1. The van der Waals surface area contributed by atoms with E-state index in [4.69, 9.17) is 0 Å². The summed E-state index contributed by atoms with van der Waals surface area (Å²) in [7, 11) is 0. The molecule has 1 amide bonds. The highest BCUT2D eigenvalue weighted by Gasteiger charge is 2.24. The number of ketones is 1. The number of carbonyl (C=O) groups excluding carboxylic acids is 2. The van der Waals surface area contributed by atoms with E-state index in [2.05, 4.69) is 20.5 Å². The molecule has 24 heavy (non-hydrogen) atoms. The molecule has 1 aromatic carbocycles. The first-order valence-electron chi connectivity index (χ1n) is 7.76. The number of anilines is 1. The molecule has 6 heteroatoms. The lowest BCUT2D eigenvalue weighted by Crippen LogP contribution is -2.23. The van der Waals surface area contributed by atoms with Crippen molar-refractivity contribution in [2.45, 2.75) is 33.1 Å². The number of nitrogens with one attached hydrogen (secondary N) is 3. The average Bonchev–Trinajstić information content (AvgIpc) is 3.09. The number of fused-ring (bicyclic) bond motifs is 1. The van der Waals surface area contributed by atoms with Gasteiger partial charge in [0.05, 0.1) is 5.56 Å². The summed E-state index contributed by atoms with van der Waals surface area (Å²) in [6.45, 7) is 7.89. The smallest absolute Gasteiger partial charge is 0.298 e. The molecule has 3 N–H and O–H groups in total. The van der Waals surface area contributed by atoms with E-state index in [1.54, 1.807) is 13.0 Å². The predicted octanol–water partition coefficient (Wildman–Crippen LogP) is 3.32. The number of nitrogens with zero attached hydrogens (tertiary/aromatic N) is 1. The first kappa shape index (κ1) is 16.0. The molecule has 0 aliphatic carbocycles. The Morgan fingerprint density at radius 1 is 1.17 bits per heavy atom. The Labute approximate surface area is 139 Å². The first-order chi connectivity index (χ1) is 11.3. The van der Waals surface area contributed by atoms with Gasteiger partial charge in [0.25, 0.3) is 11.7 Å². The van der Waals surface area contributed by atoms with Crippen LogP contribution in [0.3, 0.4) is 0 Å². The van der Waals surface area contributed by atoms with E-state index in [0.717, 1.165) is 16.6 Å². The summed E-state index contributed by atoms with van der Waals surface area (Å²) in [5, 5.41) is 10.3. The Morgan fingerprint density at radius 2 is 1.88 bits per heavy atom. The maximum absolute atomic E-state index is 12.6. The van der Waals surface area contributed by atoms with Crippen LogP contribution in [0.1, 0.15) is 42.5 Å². The Balaban J connectivity index is 1.86. The Bertz CT molecular complexity index is 928. The normalized spacial score (nSPS) is 11.7. The predicted molar refractivity (Wildman–Crippen MR) is 93.3 cm³/mol. The minimum atomic E-state index is -0.699. The highest BCUT2D eigenvalue weighted by atomic mass is 16.2. The van der Waals surface area contributed by atoms with Crippen LogP contribution in [0, 0.1) is 6.92 Å². The monoisotopic (exact) mass is 324 g/mol. The van der Waals surface area contributed by atoms with Gasteiger partial charge < -0.3 is 10.3 Å². The molecule has 3 rings (SSSR count). The molecular formula is C18H20N4O2. The summed E-state index contributed by atoms with van der Waals surface area (Å²) in [4.78, 5) is 28.0. The number of benzene rings is 1. The molecule has 0 aliphatic heterocycles. The van der Waals surface area contributed by atoms with Gasteiger partial charge in [0.1, 0.15) is 0 Å². The van der Waals surface area contributed by atoms with Crippen molar-refractivity contribution >= 4 is 28.4 Å². The van der Waals surface area contributed by atoms with Crippen molar-refractivity contribution in [1.82, 2.24) is 15.2 Å². The number of aryl methyl sites for hydroxylation is 1. The zero-order valence-corrected chi connectivity index (χ0v) is 14.2. The maximum Gasteiger partial charge on any atom is 0.298 e. The third-order valence-electron chi connectivity index (χ3n) is 3.95. The first-order valence-corrected chi connectivity index (χ1v) is 7.76. The molecular weight excluding hydrogens is 304 g/mol. The molecule has 3 aromatic rings. The molecule has 0 saturated heterocycles. The van der Waals surface area contributed by atoms with Gasteiger partial charge >= 0.3 is 0 Å². The van der Waals surface area contributed by atoms with Gasteiger partial charge in [0, 0.05) is 33.8 Å². The van der Waals surface area contributed by atoms with Crippen molar-refractivity contribution < 1.29 is 9.59 Å². The van der Waals surface area contributed by atoms with E-state index in [1.165, 1.54) is 0 Å². The zero-order chi connectivity index (χ0) is 17.5. The lowest BCUT2D eigenvalue weighted by atomic mass is 9.92. The van der Waals surface area contributed by atoms with Gasteiger partial charge in [-0.2, -0.15) is 5.10 Å². The van der Waals surface area contributed by atoms with Crippen LogP contribution in [0.25, 0.3) is 10.9 Å². The van der Waals surface area contributed by atoms with E-state index < -0.39 is 11.7 Å². The van der Waals surface area contributed by atoms with Crippen LogP contribution in [0.2, 0.25) is 0 Å². The minimum absolute atomic E-state index is 0.118. The SMILES string of the molecule is Cc1[nH]c2ccccc2c1C(=O)C(=O)Nc1cc(C(C)(C)C)[nH]n1. The molecule has 0 saturated carbocycles. The molecule has 0 unspecified atom stereocenters. The topological polar surface area (TPSA) is 90.6 Å². The number of aromatic nitrogens is 3. The Morgan fingerprint density at radius 3 is 2.54 bits per heavy atom. The largest absolute Gasteiger partial charge is 0.358 e. The number of aromatic amines is 2. The van der Waals surface area contributed by atoms with Crippen molar-refractivity contribution in [3.63, 3.8) is 0 Å². The second-order valence-electron chi connectivity index (χ2n) is 6.87. The van der Waals surface area contributed by atoms with Crippen molar-refractivity contribution in [2.24, 2.45) is 0 Å². The summed E-state index contributed by atoms with van der Waals surface area (Å²) in [5.74, 6) is -0.934. The second-order valence-corrected chi connectivity index (χ2v) is 6.87. The van der Waals surface area contributed by atoms with Crippen LogP contribution in [-0.4, -0.2) is 26.9 Å². The standard InChI is InChI=1S/C18H20N4O2/c1-10-15(11-7-5-6-8-12(11)19-10)16(23)17(24)20-14-9-13(21-22-14)18(2,3)4/h5-9,19H,1-4H3,(H2,20,21,22,24). The number of hydrogen-bond donors (Lipinski definition) is 3. The molecule has 0 fully saturated rings. The third kappa shape index (κ3) is 2.82. The van der Waals surface area contributed by atoms with Crippen LogP contribution in [0.4, 0.5) is 5.82 Å². The van der Waals surface area contributed by atoms with Crippen LogP contribution in [0.15, 0.2) is 30.3 Å². The lowest BCUT2D eigenvalue weighted by Gasteiger charge is -2.14. The van der Waals surface area contributed by atoms with Crippen LogP contribution in [0.5, 0.6) is 0 Å². The molecule has 0 aliphatic rings. The summed E-state index contributed by atoms with van der Waals surface area (Å²) < 4.78 is 0. The summed E-state index contributed by atoms with van der Waals surface area (Å²) in [6.07, 6.45) is 0. The molecule has 124 valence electrons. The van der Waals surface area contributed by atoms with Gasteiger partial charge in [-0.1, -0.05) is 39.0 Å². The zero-order valence-electron chi connectivity index (χ0n) is 14.2. The van der Waals surface area contributed by atoms with Gasteiger partial charge in [-0.15, -0.1) is 0 Å². The molecule has 0 bridgehead atoms. The van der Waals surface area contributed by atoms with E-state index in [1.807, 2.05) is 45.0 Å². The Kier molecular flexibility index (Phi) is 3.75. The molecule has 0 atom stereocenters. The average molecular weight is 324 g/mol. The summed E-state index contributed by atoms with van der Waals surface area (Å²) >= 11 is 0. The van der Waals surface area contributed by atoms with Gasteiger partial charge in [-0.25, -0.2) is 0 Å². The number of Topliss-reactive ketones (excluding diaryl/α,β-unsaturated/α-hetero) is 1. The van der Waals surface area contributed by atoms with Crippen LogP contribution < -0.4 is 5.32 Å². The molecule has 0 radical (unpaired) electrons. The maximum atomic E-state index is 12.6. The van der Waals surface area contributed by atoms with Crippen LogP contribution in [-0.2, 0) is 10.2 Å². The highest BCUT2D eigenvalue weighted by Crippen LogP contribution is 2.24. The molecule has 0 spiro atoms. The number of H-pyrrole nitrogens is 2. The fraction of sp³-hybridized carbons (Fsp3) is 0.278. The van der Waals surface area contributed by atoms with Crippen molar-refractivity contribution in [3.05, 3.63) is 47.3 Å². The van der Waals surface area contributed by atoms with Gasteiger partial charge in [0.2, 0.25) is 0 Å². The fourth-order valence-corrected chi connectivity index (χ4v) is 2.63. The van der Waals surface area contributed by atoms with E-state index in [9.17, 15) is 9.59 Å². The number of para-hydroxylation sites is 1. The second kappa shape index (κ2) is 5.63. The van der Waals surface area contributed by atoms with Crippen molar-refractivity contribution in [2.75, 3.05) is 5.32 Å². The molecule has 6 nitrogen and oxygen atoms in total. The number of hydrogen-bond acceptors (Lipinski definition) is 3. The third-order valence-corrected chi connectivity index (χ3v) is 3.95. The van der Waals surface area contributed by atoms with Crippen molar-refractivity contribution in [1.29, 1.82) is 0 Å². The minimum Gasteiger partial charge on any atom is -0.358 e. The van der Waals surface area contributed by atoms with Crippen molar-refractivity contribution in [3.8, 4) is 0 Å². The number of rotatable bonds is 3. The van der Waals surface area contributed by atoms with Crippen LogP contribution >= 0.6 is 0 Å².